The molecule has 6 nitrogen and oxygen atoms in total. The molecule has 6 heteroatoms. The number of hydrogen-bond donors (Lipinski definition) is 1. The van der Waals surface area contributed by atoms with Gasteiger partial charge in [0.15, 0.2) is 6.61 Å². The van der Waals surface area contributed by atoms with Crippen LogP contribution in [0.25, 0.3) is 6.08 Å². The SMILES string of the molecule is COc1ccc(OCC(=O)N/N=C(C)/C=C\c2ccco2)c(C)c1. The van der Waals surface area contributed by atoms with Crippen molar-refractivity contribution in [3.8, 4) is 11.5 Å². The molecule has 126 valence electrons. The highest BCUT2D eigenvalue weighted by atomic mass is 16.5. The van der Waals surface area contributed by atoms with Crippen molar-refractivity contribution in [1.82, 2.24) is 5.43 Å². The van der Waals surface area contributed by atoms with Crippen LogP contribution in [0, 0.1) is 6.92 Å². The maximum atomic E-state index is 11.8. The van der Waals surface area contributed by atoms with Gasteiger partial charge in [0.25, 0.3) is 5.91 Å². The van der Waals surface area contributed by atoms with E-state index in [0.29, 0.717) is 17.2 Å². The average molecular weight is 328 g/mol. The van der Waals surface area contributed by atoms with E-state index >= 15 is 0 Å². The number of ether oxygens (including phenoxy) is 2. The Labute approximate surface area is 140 Å². The van der Waals surface area contributed by atoms with Gasteiger partial charge in [0.1, 0.15) is 17.3 Å². The first-order chi connectivity index (χ1) is 11.6. The van der Waals surface area contributed by atoms with Crippen LogP contribution in [-0.4, -0.2) is 25.3 Å². The van der Waals surface area contributed by atoms with Crippen molar-refractivity contribution in [1.29, 1.82) is 0 Å². The van der Waals surface area contributed by atoms with Crippen molar-refractivity contribution in [3.63, 3.8) is 0 Å². The lowest BCUT2D eigenvalue weighted by Crippen LogP contribution is -2.25. The fraction of sp³-hybridized carbons (Fsp3) is 0.222. The molecule has 1 N–H and O–H groups in total. The summed E-state index contributed by atoms with van der Waals surface area (Å²) in [6.07, 6.45) is 5.10. The molecule has 1 amide bonds. The number of carbonyl (C=O) groups is 1. The van der Waals surface area contributed by atoms with E-state index in [9.17, 15) is 4.79 Å². The minimum absolute atomic E-state index is 0.119. The second-order valence-corrected chi connectivity index (χ2v) is 5.06. The van der Waals surface area contributed by atoms with Crippen molar-refractivity contribution in [2.45, 2.75) is 13.8 Å². The number of hydrogen-bond acceptors (Lipinski definition) is 5. The molecule has 0 saturated carbocycles. The highest BCUT2D eigenvalue weighted by molar-refractivity contribution is 5.96. The summed E-state index contributed by atoms with van der Waals surface area (Å²) in [5, 5.41) is 3.97. The summed E-state index contributed by atoms with van der Waals surface area (Å²) in [6, 6.07) is 9.01. The number of nitrogens with zero attached hydrogens (tertiary/aromatic N) is 1. The summed E-state index contributed by atoms with van der Waals surface area (Å²) in [5.41, 5.74) is 3.97. The van der Waals surface area contributed by atoms with Gasteiger partial charge in [-0.15, -0.1) is 0 Å². The zero-order chi connectivity index (χ0) is 17.4. The normalized spacial score (nSPS) is 11.5. The average Bonchev–Trinajstić information content (AvgIpc) is 3.10. The maximum absolute atomic E-state index is 11.8. The molecule has 0 saturated heterocycles. The highest BCUT2D eigenvalue weighted by Crippen LogP contribution is 2.22. The van der Waals surface area contributed by atoms with Crippen molar-refractivity contribution < 1.29 is 18.7 Å². The van der Waals surface area contributed by atoms with E-state index in [1.54, 1.807) is 50.6 Å². The number of carbonyl (C=O) groups excluding carboxylic acids is 1. The van der Waals surface area contributed by atoms with E-state index < -0.39 is 0 Å². The molecule has 0 aliphatic heterocycles. The van der Waals surface area contributed by atoms with Gasteiger partial charge < -0.3 is 13.9 Å². The van der Waals surface area contributed by atoms with Crippen molar-refractivity contribution >= 4 is 17.7 Å². The first-order valence-electron chi connectivity index (χ1n) is 7.40. The monoisotopic (exact) mass is 328 g/mol. The smallest absolute Gasteiger partial charge is 0.277 e. The fourth-order valence-corrected chi connectivity index (χ4v) is 1.86. The van der Waals surface area contributed by atoms with E-state index in [1.165, 1.54) is 0 Å². The lowest BCUT2D eigenvalue weighted by atomic mass is 10.2. The topological polar surface area (TPSA) is 73.1 Å². The maximum Gasteiger partial charge on any atom is 0.277 e. The van der Waals surface area contributed by atoms with Crippen molar-refractivity contribution in [2.75, 3.05) is 13.7 Å². The summed E-state index contributed by atoms with van der Waals surface area (Å²) in [7, 11) is 1.60. The number of allylic oxidation sites excluding steroid dienone is 1. The zero-order valence-corrected chi connectivity index (χ0v) is 13.9. The summed E-state index contributed by atoms with van der Waals surface area (Å²) in [4.78, 5) is 11.8. The molecule has 0 fully saturated rings. The van der Waals surface area contributed by atoms with Gasteiger partial charge in [-0.2, -0.15) is 5.10 Å². The third kappa shape index (κ3) is 5.31. The minimum atomic E-state index is -0.337. The van der Waals surface area contributed by atoms with Crippen LogP contribution in [0.15, 0.2) is 52.2 Å². The van der Waals surface area contributed by atoms with E-state index in [1.807, 2.05) is 19.1 Å². The molecular weight excluding hydrogens is 308 g/mol. The van der Waals surface area contributed by atoms with Crippen molar-refractivity contribution in [3.05, 3.63) is 54.0 Å². The van der Waals surface area contributed by atoms with Gasteiger partial charge >= 0.3 is 0 Å². The summed E-state index contributed by atoms with van der Waals surface area (Å²) >= 11 is 0. The van der Waals surface area contributed by atoms with E-state index in [0.717, 1.165) is 11.3 Å². The quantitative estimate of drug-likeness (QED) is 0.626. The second kappa shape index (κ2) is 8.57. The van der Waals surface area contributed by atoms with Gasteiger partial charge in [-0.25, -0.2) is 5.43 Å². The van der Waals surface area contributed by atoms with E-state index in [4.69, 9.17) is 13.9 Å². The van der Waals surface area contributed by atoms with Crippen LogP contribution in [0.3, 0.4) is 0 Å². The van der Waals surface area contributed by atoms with Gasteiger partial charge in [0.05, 0.1) is 19.1 Å². The molecule has 0 aliphatic carbocycles. The third-order valence-corrected chi connectivity index (χ3v) is 3.13. The lowest BCUT2D eigenvalue weighted by molar-refractivity contribution is -0.123. The first-order valence-corrected chi connectivity index (χ1v) is 7.40. The van der Waals surface area contributed by atoms with Gasteiger partial charge in [-0.05, 0) is 61.9 Å². The van der Waals surface area contributed by atoms with Crippen LogP contribution in [-0.2, 0) is 4.79 Å². The van der Waals surface area contributed by atoms with Gasteiger partial charge in [-0.1, -0.05) is 0 Å². The third-order valence-electron chi connectivity index (χ3n) is 3.13. The van der Waals surface area contributed by atoms with E-state index in [-0.39, 0.29) is 12.5 Å². The van der Waals surface area contributed by atoms with Crippen LogP contribution in [0.2, 0.25) is 0 Å². The molecule has 0 unspecified atom stereocenters. The molecule has 2 rings (SSSR count). The molecule has 0 atom stereocenters. The Bertz CT molecular complexity index is 733. The number of nitrogens with one attached hydrogen (secondary N) is 1. The Hall–Kier alpha value is -3.02. The van der Waals surface area contributed by atoms with Crippen LogP contribution in [0.4, 0.5) is 0 Å². The van der Waals surface area contributed by atoms with Gasteiger partial charge in [0, 0.05) is 0 Å². The number of furan rings is 1. The number of rotatable bonds is 7. The summed E-state index contributed by atoms with van der Waals surface area (Å²) in [5.74, 6) is 1.75. The molecule has 0 bridgehead atoms. The summed E-state index contributed by atoms with van der Waals surface area (Å²) < 4.78 is 15.8. The minimum Gasteiger partial charge on any atom is -0.497 e. The number of amides is 1. The molecule has 24 heavy (non-hydrogen) atoms. The van der Waals surface area contributed by atoms with Crippen LogP contribution >= 0.6 is 0 Å². The predicted octanol–water partition coefficient (Wildman–Crippen LogP) is 3.18. The largest absolute Gasteiger partial charge is 0.497 e. The van der Waals surface area contributed by atoms with Crippen molar-refractivity contribution in [2.24, 2.45) is 5.10 Å². The lowest BCUT2D eigenvalue weighted by Gasteiger charge is -2.09. The Morgan fingerprint density at radius 1 is 1.38 bits per heavy atom. The molecule has 0 radical (unpaired) electrons. The second-order valence-electron chi connectivity index (χ2n) is 5.06. The Balaban J connectivity index is 1.81. The molecule has 0 aliphatic rings. The highest BCUT2D eigenvalue weighted by Gasteiger charge is 2.05. The number of aryl methyl sites for hydroxylation is 1. The Kier molecular flexibility index (Phi) is 6.19. The summed E-state index contributed by atoms with van der Waals surface area (Å²) in [6.45, 7) is 3.54. The Morgan fingerprint density at radius 2 is 2.21 bits per heavy atom. The predicted molar refractivity (Wildman–Crippen MR) is 92.2 cm³/mol. The molecule has 0 spiro atoms. The Morgan fingerprint density at radius 3 is 2.88 bits per heavy atom. The number of hydrazone groups is 1. The first kappa shape index (κ1) is 17.3. The van der Waals surface area contributed by atoms with Crippen LogP contribution in [0.1, 0.15) is 18.2 Å². The zero-order valence-electron chi connectivity index (χ0n) is 13.9. The van der Waals surface area contributed by atoms with Gasteiger partial charge in [-0.3, -0.25) is 4.79 Å². The van der Waals surface area contributed by atoms with Crippen LogP contribution in [0.5, 0.6) is 11.5 Å². The molecule has 1 aromatic heterocycles. The van der Waals surface area contributed by atoms with Gasteiger partial charge in [0.2, 0.25) is 0 Å². The molecule has 1 aromatic carbocycles. The standard InChI is InChI=1S/C18H20N2O4/c1-13-11-16(22-3)8-9-17(13)24-12-18(21)20-19-14(2)6-7-15-5-4-10-23-15/h4-11H,12H2,1-3H3,(H,20,21)/b7-6-,19-14+. The van der Waals surface area contributed by atoms with E-state index in [2.05, 4.69) is 10.5 Å². The molecular formula is C18H20N2O4. The number of methoxy groups -OCH3 is 1. The molecule has 2 aromatic rings. The van der Waals surface area contributed by atoms with Crippen LogP contribution < -0.4 is 14.9 Å². The molecule has 1 heterocycles. The fourth-order valence-electron chi connectivity index (χ4n) is 1.86. The number of benzene rings is 1.